The molecule has 1 saturated heterocycles. The van der Waals surface area contributed by atoms with E-state index in [1.807, 2.05) is 60.4 Å². The Bertz CT molecular complexity index is 1240. The van der Waals surface area contributed by atoms with Gasteiger partial charge in [-0.2, -0.15) is 0 Å². The van der Waals surface area contributed by atoms with Crippen LogP contribution in [0.15, 0.2) is 55.0 Å². The maximum Gasteiger partial charge on any atom is 0.258 e. The van der Waals surface area contributed by atoms with Gasteiger partial charge in [0.25, 0.3) is 5.91 Å². The minimum absolute atomic E-state index is 0.258. The van der Waals surface area contributed by atoms with Crippen LogP contribution in [0.2, 0.25) is 0 Å². The number of rotatable bonds is 3. The number of carbonyl (C=O) groups excluding carboxylic acids is 1. The monoisotopic (exact) mass is 387 g/mol. The number of benzene rings is 1. The lowest BCUT2D eigenvalue weighted by Gasteiger charge is -2.22. The van der Waals surface area contributed by atoms with Crippen LogP contribution in [0.4, 0.5) is 0 Å². The van der Waals surface area contributed by atoms with Gasteiger partial charge in [0, 0.05) is 56.0 Å². The number of aliphatic hydroxyl groups is 1. The molecule has 0 radical (unpaired) electrons. The predicted molar refractivity (Wildman–Crippen MR) is 110 cm³/mol. The number of amides is 1. The smallest absolute Gasteiger partial charge is 0.258 e. The van der Waals surface area contributed by atoms with Gasteiger partial charge in [0.1, 0.15) is 11.5 Å². The molecule has 2 N–H and O–H groups in total. The summed E-state index contributed by atoms with van der Waals surface area (Å²) in [5.41, 5.74) is 2.75. The lowest BCUT2D eigenvalue weighted by Crippen LogP contribution is -2.36. The molecule has 0 aliphatic carbocycles. The zero-order valence-electron chi connectivity index (χ0n) is 16.3. The van der Waals surface area contributed by atoms with Gasteiger partial charge in [0.15, 0.2) is 5.60 Å². The number of hydrogen-bond donors (Lipinski definition) is 2. The number of aromatic amines is 1. The molecule has 1 atom stereocenters. The highest BCUT2D eigenvalue weighted by Gasteiger charge is 2.45. The van der Waals surface area contributed by atoms with Crippen LogP contribution in [-0.2, 0) is 17.4 Å². The summed E-state index contributed by atoms with van der Waals surface area (Å²) in [6.07, 6.45) is 5.88. The molecule has 3 aromatic heterocycles. The second kappa shape index (κ2) is 6.28. The van der Waals surface area contributed by atoms with Gasteiger partial charge < -0.3 is 19.6 Å². The van der Waals surface area contributed by atoms with Crippen LogP contribution in [0.25, 0.3) is 33.7 Å². The summed E-state index contributed by atoms with van der Waals surface area (Å²) in [5.74, 6) is 0.562. The number of likely N-dealkylation sites (tertiary alicyclic amines) is 1. The van der Waals surface area contributed by atoms with Crippen molar-refractivity contribution in [1.29, 1.82) is 0 Å². The Labute approximate surface area is 167 Å². The summed E-state index contributed by atoms with van der Waals surface area (Å²) in [6.45, 7) is 0.546. The van der Waals surface area contributed by atoms with Crippen LogP contribution < -0.4 is 0 Å². The molecule has 5 rings (SSSR count). The molecule has 4 aromatic rings. The average Bonchev–Trinajstić information content (AvgIpc) is 3.41. The predicted octanol–water partition coefficient (Wildman–Crippen LogP) is 2.68. The minimum atomic E-state index is -1.46. The van der Waals surface area contributed by atoms with E-state index >= 15 is 0 Å². The van der Waals surface area contributed by atoms with Crippen LogP contribution >= 0.6 is 0 Å². The Balaban J connectivity index is 1.58. The lowest BCUT2D eigenvalue weighted by atomic mass is 9.90. The first-order chi connectivity index (χ1) is 14.0. The van der Waals surface area contributed by atoms with E-state index in [9.17, 15) is 9.90 Å². The molecule has 0 spiro atoms. The summed E-state index contributed by atoms with van der Waals surface area (Å²) in [5, 5.41) is 12.0. The Hall–Kier alpha value is -3.45. The normalized spacial score (nSPS) is 19.4. The number of fused-ring (bicyclic) bond motifs is 1. The first-order valence-corrected chi connectivity index (χ1v) is 9.52. The minimum Gasteiger partial charge on any atom is -0.375 e. The molecule has 1 amide bonds. The van der Waals surface area contributed by atoms with E-state index in [2.05, 4.69) is 15.0 Å². The molecule has 4 heterocycles. The van der Waals surface area contributed by atoms with Crippen LogP contribution in [0, 0.1) is 0 Å². The first-order valence-electron chi connectivity index (χ1n) is 9.52. The van der Waals surface area contributed by atoms with Gasteiger partial charge in [-0.15, -0.1) is 0 Å². The molecule has 1 aromatic carbocycles. The van der Waals surface area contributed by atoms with Crippen molar-refractivity contribution >= 4 is 16.9 Å². The molecular formula is C22H21N5O2. The fourth-order valence-electron chi connectivity index (χ4n) is 4.13. The molecule has 0 saturated carbocycles. The molecule has 1 aliphatic heterocycles. The number of nitrogens with one attached hydrogen (secondary N) is 1. The summed E-state index contributed by atoms with van der Waals surface area (Å²) < 4.78 is 2.02. The third kappa shape index (κ3) is 2.58. The van der Waals surface area contributed by atoms with Gasteiger partial charge >= 0.3 is 0 Å². The van der Waals surface area contributed by atoms with Crippen LogP contribution in [0.1, 0.15) is 12.0 Å². The van der Waals surface area contributed by atoms with E-state index in [1.54, 1.807) is 18.1 Å². The van der Waals surface area contributed by atoms with Crippen molar-refractivity contribution in [1.82, 2.24) is 24.4 Å². The Morgan fingerprint density at radius 2 is 2.03 bits per heavy atom. The van der Waals surface area contributed by atoms with Crippen molar-refractivity contribution in [2.45, 2.75) is 12.0 Å². The molecule has 29 heavy (non-hydrogen) atoms. The highest BCUT2D eigenvalue weighted by Crippen LogP contribution is 2.35. The molecule has 0 bridgehead atoms. The fraction of sp³-hybridized carbons (Fsp3) is 0.227. The van der Waals surface area contributed by atoms with E-state index in [0.29, 0.717) is 18.5 Å². The Morgan fingerprint density at radius 1 is 1.17 bits per heavy atom. The molecular weight excluding hydrogens is 366 g/mol. The van der Waals surface area contributed by atoms with E-state index < -0.39 is 5.60 Å². The second-order valence-corrected chi connectivity index (χ2v) is 7.55. The maximum atomic E-state index is 12.5. The number of pyridine rings is 1. The van der Waals surface area contributed by atoms with Gasteiger partial charge in [0.2, 0.25) is 0 Å². The van der Waals surface area contributed by atoms with Crippen molar-refractivity contribution in [3.05, 3.63) is 60.6 Å². The standard InChI is InChI=1S/C22H21N5O2/c1-26-10-8-22(29,21(26)28)15-6-3-5-14(11-15)18-13-25-20(27(18)2)17-12-24-19-16(17)7-4-9-23-19/h3-7,9,11-13,29H,8,10H2,1-2H3,(H,23,24)/t22-/m1/s1. The first kappa shape index (κ1) is 17.6. The Kier molecular flexibility index (Phi) is 3.82. The third-order valence-electron chi connectivity index (χ3n) is 5.83. The van der Waals surface area contributed by atoms with Crippen molar-refractivity contribution < 1.29 is 9.90 Å². The zero-order valence-corrected chi connectivity index (χ0v) is 16.3. The summed E-state index contributed by atoms with van der Waals surface area (Å²) in [6, 6.07) is 11.5. The largest absolute Gasteiger partial charge is 0.375 e. The van der Waals surface area contributed by atoms with E-state index in [-0.39, 0.29) is 5.91 Å². The summed E-state index contributed by atoms with van der Waals surface area (Å²) in [7, 11) is 3.68. The highest BCUT2D eigenvalue weighted by atomic mass is 16.3. The molecule has 1 fully saturated rings. The SMILES string of the molecule is CN1CC[C@@](O)(c2cccc(-c3cnc(-c4c[nH]c5ncccc45)n3C)c2)C1=O. The molecule has 1 aliphatic rings. The Morgan fingerprint density at radius 3 is 2.83 bits per heavy atom. The van der Waals surface area contributed by atoms with Crippen molar-refractivity contribution in [2.75, 3.05) is 13.6 Å². The third-order valence-corrected chi connectivity index (χ3v) is 5.83. The van der Waals surface area contributed by atoms with Crippen molar-refractivity contribution in [3.8, 4) is 22.6 Å². The number of hydrogen-bond acceptors (Lipinski definition) is 4. The molecule has 146 valence electrons. The van der Waals surface area contributed by atoms with Gasteiger partial charge in [-0.3, -0.25) is 4.79 Å². The number of carbonyl (C=O) groups is 1. The average molecular weight is 387 g/mol. The topological polar surface area (TPSA) is 87.0 Å². The van der Waals surface area contributed by atoms with Gasteiger partial charge in [-0.1, -0.05) is 18.2 Å². The number of aromatic nitrogens is 4. The van der Waals surface area contributed by atoms with Crippen LogP contribution in [0.3, 0.4) is 0 Å². The number of H-pyrrole nitrogens is 1. The second-order valence-electron chi connectivity index (χ2n) is 7.55. The zero-order chi connectivity index (χ0) is 20.2. The van der Waals surface area contributed by atoms with E-state index in [4.69, 9.17) is 0 Å². The fourth-order valence-corrected chi connectivity index (χ4v) is 4.13. The lowest BCUT2D eigenvalue weighted by molar-refractivity contribution is -0.143. The van der Waals surface area contributed by atoms with Gasteiger partial charge in [0.05, 0.1) is 11.9 Å². The highest BCUT2D eigenvalue weighted by molar-refractivity contribution is 5.92. The quantitative estimate of drug-likeness (QED) is 0.566. The summed E-state index contributed by atoms with van der Waals surface area (Å²) in [4.78, 5) is 26.2. The van der Waals surface area contributed by atoms with Crippen LogP contribution in [0.5, 0.6) is 0 Å². The van der Waals surface area contributed by atoms with Crippen molar-refractivity contribution in [2.24, 2.45) is 7.05 Å². The van der Waals surface area contributed by atoms with Crippen molar-refractivity contribution in [3.63, 3.8) is 0 Å². The van der Waals surface area contributed by atoms with Gasteiger partial charge in [-0.05, 0) is 23.8 Å². The van der Waals surface area contributed by atoms with Crippen LogP contribution in [-0.4, -0.2) is 49.0 Å². The summed E-state index contributed by atoms with van der Waals surface area (Å²) >= 11 is 0. The molecule has 7 nitrogen and oxygen atoms in total. The van der Waals surface area contributed by atoms with Gasteiger partial charge in [-0.25, -0.2) is 9.97 Å². The molecule has 7 heteroatoms. The number of nitrogens with zero attached hydrogens (tertiary/aromatic N) is 4. The number of imidazole rings is 1. The molecule has 0 unspecified atom stereocenters. The van der Waals surface area contributed by atoms with E-state index in [0.717, 1.165) is 33.7 Å². The maximum absolute atomic E-state index is 12.5. The van der Waals surface area contributed by atoms with E-state index in [1.165, 1.54) is 0 Å². The number of likely N-dealkylation sites (N-methyl/N-ethyl adjacent to an activating group) is 1.